The third-order valence-corrected chi connectivity index (χ3v) is 12.7. The first-order valence-electron chi connectivity index (χ1n) is 15.3. The van der Waals surface area contributed by atoms with Gasteiger partial charge in [0.05, 0.1) is 34.7 Å². The van der Waals surface area contributed by atoms with Gasteiger partial charge >= 0.3 is 10.8 Å². The standard InChI is InChI=1S/C35H29ClN2O6S2/c1-2-43-34(41)19-6-10-21(11-7-19)38-32(39)27-23-15-24(28(27)33(38)40)29-26(23)25(30-31(45-29)37-35(42)46-30)18-8-12-22(13-9-18)44-16-17-4-3-5-20(36)14-17/h3-14,23-29H,2,15-16H2,1H3,(H,37,42)/t23?,24?,25-,26?,27?,28?,29?/m1/s1. The van der Waals surface area contributed by atoms with E-state index in [0.717, 1.165) is 33.2 Å². The fraction of sp³-hybridized carbons (Fsp3) is 0.314. The molecule has 4 aliphatic rings. The van der Waals surface area contributed by atoms with Crippen molar-refractivity contribution in [3.05, 3.63) is 109 Å². The highest BCUT2D eigenvalue weighted by molar-refractivity contribution is 8.00. The number of carbonyl (C=O) groups excluding carboxylic acids is 3. The number of hydrogen-bond donors (Lipinski definition) is 1. The zero-order chi connectivity index (χ0) is 31.7. The molecule has 3 aromatic carbocycles. The molecular weight excluding hydrogens is 644 g/mol. The van der Waals surface area contributed by atoms with Gasteiger partial charge in [-0.25, -0.2) is 4.79 Å². The molecule has 2 amide bonds. The van der Waals surface area contributed by atoms with E-state index >= 15 is 0 Å². The first-order valence-corrected chi connectivity index (χ1v) is 17.4. The van der Waals surface area contributed by atoms with Crippen LogP contribution >= 0.6 is 34.7 Å². The Hall–Kier alpha value is -3.86. The van der Waals surface area contributed by atoms with Gasteiger partial charge in [0.25, 0.3) is 0 Å². The molecule has 6 unspecified atom stereocenters. The predicted molar refractivity (Wildman–Crippen MR) is 176 cm³/mol. The van der Waals surface area contributed by atoms with Crippen molar-refractivity contribution in [1.29, 1.82) is 0 Å². The number of thiazole rings is 1. The van der Waals surface area contributed by atoms with Crippen molar-refractivity contribution < 1.29 is 23.9 Å². The Labute approximate surface area is 278 Å². The summed E-state index contributed by atoms with van der Waals surface area (Å²) in [5.74, 6) is -0.843. The number of ether oxygens (including phenoxy) is 2. The summed E-state index contributed by atoms with van der Waals surface area (Å²) in [7, 11) is 0. The second-order valence-electron chi connectivity index (χ2n) is 12.2. The Bertz CT molecular complexity index is 1920. The Morgan fingerprint density at radius 1 is 0.978 bits per heavy atom. The molecule has 2 aliphatic heterocycles. The van der Waals surface area contributed by atoms with Crippen LogP contribution in [0.4, 0.5) is 5.69 Å². The van der Waals surface area contributed by atoms with Gasteiger partial charge < -0.3 is 14.5 Å². The topological polar surface area (TPSA) is 106 Å². The number of amides is 2. The number of imide groups is 1. The van der Waals surface area contributed by atoms with Gasteiger partial charge in [-0.05, 0) is 90.8 Å². The highest BCUT2D eigenvalue weighted by Gasteiger charge is 2.69. The molecule has 3 fully saturated rings. The van der Waals surface area contributed by atoms with Gasteiger partial charge in [-0.3, -0.25) is 19.3 Å². The van der Waals surface area contributed by atoms with E-state index in [1.54, 1.807) is 43.0 Å². The smallest absolute Gasteiger partial charge is 0.338 e. The van der Waals surface area contributed by atoms with Crippen LogP contribution in [-0.4, -0.2) is 34.6 Å². The number of fused-ring (bicyclic) bond motifs is 9. The molecule has 0 spiro atoms. The summed E-state index contributed by atoms with van der Waals surface area (Å²) < 4.78 is 11.1. The highest BCUT2D eigenvalue weighted by atomic mass is 35.5. The van der Waals surface area contributed by atoms with Crippen molar-refractivity contribution in [1.82, 2.24) is 4.98 Å². The summed E-state index contributed by atoms with van der Waals surface area (Å²) in [6.07, 6.45) is 0.807. The lowest BCUT2D eigenvalue weighted by molar-refractivity contribution is -0.123. The molecule has 1 aromatic heterocycles. The van der Waals surface area contributed by atoms with Crippen LogP contribution in [-0.2, 0) is 20.9 Å². The molecule has 7 atom stereocenters. The molecule has 2 aliphatic carbocycles. The molecule has 1 N–H and O–H groups in total. The lowest BCUT2D eigenvalue weighted by atomic mass is 9.68. The maximum atomic E-state index is 14.1. The van der Waals surface area contributed by atoms with Crippen molar-refractivity contribution in [2.45, 2.75) is 36.1 Å². The van der Waals surface area contributed by atoms with E-state index in [1.807, 2.05) is 36.4 Å². The van der Waals surface area contributed by atoms with E-state index in [-0.39, 0.29) is 52.2 Å². The van der Waals surface area contributed by atoms with Gasteiger partial charge in [0.2, 0.25) is 11.8 Å². The number of nitrogens with zero attached hydrogens (tertiary/aromatic N) is 1. The SMILES string of the molecule is CCOC(=O)c1ccc(N2C(=O)C3C4CC(C3C2=O)C2C4Sc3[nH]c(=O)sc3[C@@H]2c2ccc(OCc3cccc(Cl)c3)cc2)cc1. The first-order chi connectivity index (χ1) is 22.3. The van der Waals surface area contributed by atoms with E-state index in [4.69, 9.17) is 21.1 Å². The molecule has 11 heteroatoms. The number of H-pyrrole nitrogens is 1. The summed E-state index contributed by atoms with van der Waals surface area (Å²) in [4.78, 5) is 58.0. The third kappa shape index (κ3) is 4.72. The van der Waals surface area contributed by atoms with Crippen LogP contribution in [0.5, 0.6) is 5.75 Å². The zero-order valence-electron chi connectivity index (χ0n) is 24.7. The fourth-order valence-electron chi connectivity index (χ4n) is 8.17. The molecule has 1 saturated heterocycles. The Morgan fingerprint density at radius 2 is 1.72 bits per heavy atom. The van der Waals surface area contributed by atoms with Crippen molar-refractivity contribution >= 4 is 58.2 Å². The Balaban J connectivity index is 1.08. The molecule has 8 nitrogen and oxygen atoms in total. The second kappa shape index (κ2) is 11.4. The van der Waals surface area contributed by atoms with Crippen LogP contribution in [0.3, 0.4) is 0 Å². The fourth-order valence-corrected chi connectivity index (χ4v) is 11.3. The summed E-state index contributed by atoms with van der Waals surface area (Å²) in [5, 5.41) is 1.62. The van der Waals surface area contributed by atoms with E-state index in [9.17, 15) is 19.2 Å². The third-order valence-electron chi connectivity index (χ3n) is 9.89. The quantitative estimate of drug-likeness (QED) is 0.176. The number of halogens is 1. The number of rotatable bonds is 7. The number of aromatic nitrogens is 1. The number of anilines is 1. The number of hydrogen-bond acceptors (Lipinski definition) is 8. The van der Waals surface area contributed by atoms with Crippen LogP contribution in [0.1, 0.15) is 45.6 Å². The lowest BCUT2D eigenvalue weighted by Crippen LogP contribution is -2.42. The summed E-state index contributed by atoms with van der Waals surface area (Å²) >= 11 is 9.03. The number of carbonyl (C=O) groups is 3. The maximum Gasteiger partial charge on any atom is 0.338 e. The van der Waals surface area contributed by atoms with Gasteiger partial charge in [0.15, 0.2) is 0 Å². The molecule has 0 radical (unpaired) electrons. The number of esters is 1. The lowest BCUT2D eigenvalue weighted by Gasteiger charge is -2.43. The highest BCUT2D eigenvalue weighted by Crippen LogP contribution is 2.68. The van der Waals surface area contributed by atoms with Gasteiger partial charge in [-0.2, -0.15) is 0 Å². The molecular formula is C35H29ClN2O6S2. The monoisotopic (exact) mass is 672 g/mol. The van der Waals surface area contributed by atoms with Crippen LogP contribution in [0.2, 0.25) is 5.02 Å². The van der Waals surface area contributed by atoms with E-state index in [2.05, 4.69) is 17.1 Å². The van der Waals surface area contributed by atoms with Crippen molar-refractivity contribution in [3.63, 3.8) is 0 Å². The van der Waals surface area contributed by atoms with Gasteiger partial charge in [0.1, 0.15) is 12.4 Å². The average molecular weight is 673 g/mol. The summed E-state index contributed by atoms with van der Waals surface area (Å²) in [6, 6.07) is 22.1. The summed E-state index contributed by atoms with van der Waals surface area (Å²) in [5.41, 5.74) is 2.88. The van der Waals surface area contributed by atoms with E-state index < -0.39 is 17.8 Å². The molecule has 3 heterocycles. The number of nitrogens with one attached hydrogen (secondary N) is 1. The molecule has 4 aromatic rings. The van der Waals surface area contributed by atoms with Crippen molar-refractivity contribution in [2.75, 3.05) is 11.5 Å². The van der Waals surface area contributed by atoms with Crippen LogP contribution < -0.4 is 14.5 Å². The van der Waals surface area contributed by atoms with Gasteiger partial charge in [-0.1, -0.05) is 47.2 Å². The molecule has 234 valence electrons. The van der Waals surface area contributed by atoms with Crippen molar-refractivity contribution in [2.24, 2.45) is 29.6 Å². The minimum atomic E-state index is -0.443. The molecule has 2 bridgehead atoms. The predicted octanol–water partition coefficient (Wildman–Crippen LogP) is 6.52. The maximum absolute atomic E-state index is 14.1. The molecule has 2 saturated carbocycles. The number of aromatic amines is 1. The first kappa shape index (κ1) is 29.5. The van der Waals surface area contributed by atoms with Crippen LogP contribution in [0.15, 0.2) is 82.6 Å². The van der Waals surface area contributed by atoms with Gasteiger partial charge in [0, 0.05) is 21.1 Å². The summed E-state index contributed by atoms with van der Waals surface area (Å²) in [6.45, 7) is 2.39. The largest absolute Gasteiger partial charge is 0.489 e. The Kier molecular flexibility index (Phi) is 7.34. The number of benzene rings is 3. The zero-order valence-corrected chi connectivity index (χ0v) is 27.1. The molecule has 46 heavy (non-hydrogen) atoms. The molecule has 8 rings (SSSR count). The number of thioether (sulfide) groups is 1. The van der Waals surface area contributed by atoms with E-state index in [1.165, 1.54) is 16.2 Å². The van der Waals surface area contributed by atoms with Gasteiger partial charge in [-0.15, -0.1) is 11.8 Å². The minimum Gasteiger partial charge on any atom is -0.489 e. The normalized spacial score (nSPS) is 27.3. The van der Waals surface area contributed by atoms with Crippen molar-refractivity contribution in [3.8, 4) is 5.75 Å². The minimum absolute atomic E-state index is 0.00172. The average Bonchev–Trinajstić information content (AvgIpc) is 3.79. The van der Waals surface area contributed by atoms with E-state index in [0.29, 0.717) is 22.9 Å². The second-order valence-corrected chi connectivity index (χ2v) is 14.9. The van der Waals surface area contributed by atoms with Crippen LogP contribution in [0, 0.1) is 29.6 Å². The van der Waals surface area contributed by atoms with Crippen LogP contribution in [0.25, 0.3) is 0 Å². The Morgan fingerprint density at radius 3 is 2.43 bits per heavy atom.